The highest BCUT2D eigenvalue weighted by Gasteiger charge is 2.35. The first-order chi connectivity index (χ1) is 7.22. The Labute approximate surface area is 87.8 Å². The van der Waals surface area contributed by atoms with Gasteiger partial charge < -0.3 is 9.47 Å². The van der Waals surface area contributed by atoms with Crippen molar-refractivity contribution >= 4 is 11.9 Å². The van der Waals surface area contributed by atoms with Crippen molar-refractivity contribution in [3.8, 4) is 0 Å². The Morgan fingerprint density at radius 3 is 1.69 bits per heavy atom. The molecule has 0 aliphatic heterocycles. The van der Waals surface area contributed by atoms with E-state index < -0.39 is 35.9 Å². The Bertz CT molecular complexity index is 300. The number of ether oxygens (including phenoxy) is 2. The number of hydrogen-bond donors (Lipinski definition) is 0. The van der Waals surface area contributed by atoms with Gasteiger partial charge in [0.2, 0.25) is 0 Å². The molecule has 0 radical (unpaired) electrons. The van der Waals surface area contributed by atoms with Crippen LogP contribution in [0.15, 0.2) is 11.4 Å². The lowest BCUT2D eigenvalue weighted by molar-refractivity contribution is -0.145. The predicted molar refractivity (Wildman–Crippen MR) is 42.8 cm³/mol. The quantitative estimate of drug-likeness (QED) is 0.248. The van der Waals surface area contributed by atoms with Crippen molar-refractivity contribution in [3.05, 3.63) is 11.4 Å². The largest absolute Gasteiger partial charge is 0.465 e. The van der Waals surface area contributed by atoms with E-state index in [-0.39, 0.29) is 0 Å². The topological polar surface area (TPSA) is 52.6 Å². The minimum absolute atomic E-state index is 0.798. The van der Waals surface area contributed by atoms with Crippen LogP contribution >= 0.6 is 0 Å². The second kappa shape index (κ2) is 5.47. The first-order valence-corrected chi connectivity index (χ1v) is 3.85. The van der Waals surface area contributed by atoms with Crippen molar-refractivity contribution < 1.29 is 36.6 Å². The number of carbonyl (C=O) groups is 2. The standard InChI is InChI=1S/C8H8F4O4/c1-15-6(13)5(7(14)16-2)4(9)3-8(10,11)12/h3H2,1-2H3. The van der Waals surface area contributed by atoms with Crippen LogP contribution in [0.2, 0.25) is 0 Å². The van der Waals surface area contributed by atoms with Gasteiger partial charge in [-0.2, -0.15) is 13.2 Å². The molecule has 0 unspecified atom stereocenters. The van der Waals surface area contributed by atoms with E-state index in [0.29, 0.717) is 0 Å². The molecule has 0 N–H and O–H groups in total. The molecule has 16 heavy (non-hydrogen) atoms. The molecule has 0 spiro atoms. The van der Waals surface area contributed by atoms with Crippen LogP contribution in [0.5, 0.6) is 0 Å². The van der Waals surface area contributed by atoms with Gasteiger partial charge in [-0.3, -0.25) is 0 Å². The van der Waals surface area contributed by atoms with E-state index in [2.05, 4.69) is 9.47 Å². The fourth-order valence-corrected chi connectivity index (χ4v) is 0.773. The van der Waals surface area contributed by atoms with Gasteiger partial charge in [0.05, 0.1) is 20.6 Å². The van der Waals surface area contributed by atoms with Gasteiger partial charge in [0.25, 0.3) is 0 Å². The third-order valence-electron chi connectivity index (χ3n) is 1.41. The highest BCUT2D eigenvalue weighted by molar-refractivity contribution is 6.14. The lowest BCUT2D eigenvalue weighted by Crippen LogP contribution is -2.19. The van der Waals surface area contributed by atoms with Crippen molar-refractivity contribution in [1.82, 2.24) is 0 Å². The van der Waals surface area contributed by atoms with Crippen LogP contribution in [0.3, 0.4) is 0 Å². The number of allylic oxidation sites excluding steroid dienone is 1. The summed E-state index contributed by atoms with van der Waals surface area (Å²) in [5.41, 5.74) is -1.39. The number of rotatable bonds is 3. The zero-order chi connectivity index (χ0) is 12.9. The smallest absolute Gasteiger partial charge is 0.395 e. The molecule has 0 aliphatic carbocycles. The molecule has 4 nitrogen and oxygen atoms in total. The van der Waals surface area contributed by atoms with E-state index in [1.54, 1.807) is 0 Å². The molecule has 0 aromatic carbocycles. The number of carbonyl (C=O) groups excluding carboxylic acids is 2. The third kappa shape index (κ3) is 4.28. The molecule has 0 atom stereocenters. The maximum Gasteiger partial charge on any atom is 0.395 e. The number of halogens is 4. The molecule has 0 aromatic heterocycles. The Kier molecular flexibility index (Phi) is 4.93. The molecular weight excluding hydrogens is 236 g/mol. The summed E-state index contributed by atoms with van der Waals surface area (Å²) in [4.78, 5) is 21.7. The summed E-state index contributed by atoms with van der Waals surface area (Å²) in [6, 6.07) is 0. The maximum absolute atomic E-state index is 13.0. The minimum atomic E-state index is -4.88. The molecule has 8 heteroatoms. The summed E-state index contributed by atoms with van der Waals surface area (Å²) in [7, 11) is 1.60. The minimum Gasteiger partial charge on any atom is -0.465 e. The molecule has 0 aliphatic rings. The Morgan fingerprint density at radius 2 is 1.44 bits per heavy atom. The molecule has 92 valence electrons. The first-order valence-electron chi connectivity index (χ1n) is 3.85. The average Bonchev–Trinajstić information content (AvgIpc) is 2.14. The van der Waals surface area contributed by atoms with Gasteiger partial charge >= 0.3 is 18.1 Å². The van der Waals surface area contributed by atoms with Crippen molar-refractivity contribution in [1.29, 1.82) is 0 Å². The molecule has 0 bridgehead atoms. The van der Waals surface area contributed by atoms with Crippen LogP contribution in [-0.4, -0.2) is 32.3 Å². The van der Waals surface area contributed by atoms with Crippen LogP contribution in [0.4, 0.5) is 17.6 Å². The van der Waals surface area contributed by atoms with E-state index in [0.717, 1.165) is 14.2 Å². The number of esters is 2. The molecule has 0 fully saturated rings. The highest BCUT2D eigenvalue weighted by Crippen LogP contribution is 2.27. The number of hydrogen-bond acceptors (Lipinski definition) is 4. The van der Waals surface area contributed by atoms with Gasteiger partial charge in [0.1, 0.15) is 5.83 Å². The summed E-state index contributed by atoms with van der Waals surface area (Å²) >= 11 is 0. The summed E-state index contributed by atoms with van der Waals surface area (Å²) in [6.07, 6.45) is -6.91. The second-order valence-electron chi connectivity index (χ2n) is 2.56. The normalized spacial score (nSPS) is 10.6. The van der Waals surface area contributed by atoms with Crippen LogP contribution < -0.4 is 0 Å². The van der Waals surface area contributed by atoms with Gasteiger partial charge in [0, 0.05) is 0 Å². The van der Waals surface area contributed by atoms with Gasteiger partial charge in [-0.15, -0.1) is 0 Å². The van der Waals surface area contributed by atoms with Gasteiger partial charge in [-0.05, 0) is 0 Å². The van der Waals surface area contributed by atoms with Gasteiger partial charge in [0.15, 0.2) is 5.57 Å². The van der Waals surface area contributed by atoms with Crippen molar-refractivity contribution in [2.24, 2.45) is 0 Å². The lowest BCUT2D eigenvalue weighted by atomic mass is 10.2. The summed E-state index contributed by atoms with van der Waals surface area (Å²) in [5, 5.41) is 0. The zero-order valence-corrected chi connectivity index (χ0v) is 8.35. The lowest BCUT2D eigenvalue weighted by Gasteiger charge is -2.07. The van der Waals surface area contributed by atoms with E-state index in [1.165, 1.54) is 0 Å². The van der Waals surface area contributed by atoms with Crippen LogP contribution in [-0.2, 0) is 19.1 Å². The zero-order valence-electron chi connectivity index (χ0n) is 8.35. The van der Waals surface area contributed by atoms with Crippen molar-refractivity contribution in [2.75, 3.05) is 14.2 Å². The van der Waals surface area contributed by atoms with Gasteiger partial charge in [-0.1, -0.05) is 0 Å². The van der Waals surface area contributed by atoms with Gasteiger partial charge in [-0.25, -0.2) is 14.0 Å². The third-order valence-corrected chi connectivity index (χ3v) is 1.41. The van der Waals surface area contributed by atoms with Crippen molar-refractivity contribution in [2.45, 2.75) is 12.6 Å². The highest BCUT2D eigenvalue weighted by atomic mass is 19.4. The summed E-state index contributed by atoms with van der Waals surface area (Å²) in [5.74, 6) is -4.98. The average molecular weight is 244 g/mol. The Balaban J connectivity index is 5.21. The molecule has 0 amide bonds. The molecule has 0 saturated heterocycles. The van der Waals surface area contributed by atoms with Crippen LogP contribution in [0, 0.1) is 0 Å². The Morgan fingerprint density at radius 1 is 1.06 bits per heavy atom. The van der Waals surface area contributed by atoms with E-state index >= 15 is 0 Å². The predicted octanol–water partition coefficient (Wildman–Crippen LogP) is 1.51. The van der Waals surface area contributed by atoms with E-state index in [9.17, 15) is 27.2 Å². The fourth-order valence-electron chi connectivity index (χ4n) is 0.773. The SMILES string of the molecule is COC(=O)C(C(=O)OC)=C(F)CC(F)(F)F. The monoisotopic (exact) mass is 244 g/mol. The molecule has 0 rings (SSSR count). The molecular formula is C8H8F4O4. The summed E-state index contributed by atoms with van der Waals surface area (Å²) in [6.45, 7) is 0. The number of methoxy groups -OCH3 is 2. The second-order valence-corrected chi connectivity index (χ2v) is 2.56. The molecule has 0 heterocycles. The molecule has 0 saturated carbocycles. The van der Waals surface area contributed by atoms with Crippen LogP contribution in [0.1, 0.15) is 6.42 Å². The van der Waals surface area contributed by atoms with Crippen LogP contribution in [0.25, 0.3) is 0 Å². The van der Waals surface area contributed by atoms with E-state index in [1.807, 2.05) is 0 Å². The maximum atomic E-state index is 13.0. The fraction of sp³-hybridized carbons (Fsp3) is 0.500. The molecule has 0 aromatic rings. The number of alkyl halides is 3. The first kappa shape index (κ1) is 14.4. The van der Waals surface area contributed by atoms with E-state index in [4.69, 9.17) is 0 Å². The van der Waals surface area contributed by atoms with Crippen molar-refractivity contribution in [3.63, 3.8) is 0 Å². The summed E-state index contributed by atoms with van der Waals surface area (Å²) < 4.78 is 56.4. The Hall–Kier alpha value is -1.60.